The van der Waals surface area contributed by atoms with E-state index in [1.54, 1.807) is 0 Å². The standard InChI is InChI=1S/C16H24O/c1-13(12-15(17)16(2,3)4)10-11-14-8-6-5-7-9-14/h5-9,13H,10-12H2,1-4H3. The second kappa shape index (κ2) is 6.00. The first-order valence-electron chi connectivity index (χ1n) is 6.47. The molecule has 0 spiro atoms. The lowest BCUT2D eigenvalue weighted by Gasteiger charge is -2.19. The van der Waals surface area contributed by atoms with E-state index >= 15 is 0 Å². The highest BCUT2D eigenvalue weighted by atomic mass is 16.1. The van der Waals surface area contributed by atoms with Gasteiger partial charge in [-0.15, -0.1) is 0 Å². The molecule has 17 heavy (non-hydrogen) atoms. The molecule has 0 amide bonds. The van der Waals surface area contributed by atoms with E-state index in [9.17, 15) is 4.79 Å². The van der Waals surface area contributed by atoms with Crippen molar-refractivity contribution in [1.29, 1.82) is 0 Å². The Morgan fingerprint density at radius 1 is 1.18 bits per heavy atom. The molecular formula is C16H24O. The number of carbonyl (C=O) groups is 1. The number of carbonyl (C=O) groups excluding carboxylic acids is 1. The molecule has 1 heteroatoms. The van der Waals surface area contributed by atoms with Gasteiger partial charge in [0.1, 0.15) is 5.78 Å². The molecule has 0 fully saturated rings. The number of rotatable bonds is 5. The quantitative estimate of drug-likeness (QED) is 0.741. The third-order valence-corrected chi connectivity index (χ3v) is 3.14. The average Bonchev–Trinajstić information content (AvgIpc) is 2.26. The molecule has 0 aliphatic heterocycles. The van der Waals surface area contributed by atoms with Crippen LogP contribution >= 0.6 is 0 Å². The van der Waals surface area contributed by atoms with Gasteiger partial charge in [0, 0.05) is 11.8 Å². The molecule has 1 nitrogen and oxygen atoms in total. The molecule has 0 N–H and O–H groups in total. The first-order valence-corrected chi connectivity index (χ1v) is 6.47. The van der Waals surface area contributed by atoms with Crippen molar-refractivity contribution < 1.29 is 4.79 Å². The zero-order valence-electron chi connectivity index (χ0n) is 11.5. The minimum Gasteiger partial charge on any atom is -0.299 e. The Kier molecular flexibility index (Phi) is 4.92. The van der Waals surface area contributed by atoms with Crippen molar-refractivity contribution in [3.63, 3.8) is 0 Å². The summed E-state index contributed by atoms with van der Waals surface area (Å²) in [6.07, 6.45) is 2.86. The first-order chi connectivity index (χ1) is 7.89. The van der Waals surface area contributed by atoms with Crippen LogP contribution in [0.2, 0.25) is 0 Å². The average molecular weight is 232 g/mol. The summed E-state index contributed by atoms with van der Waals surface area (Å²) >= 11 is 0. The van der Waals surface area contributed by atoms with Crippen LogP contribution in [0.15, 0.2) is 30.3 Å². The Balaban J connectivity index is 2.36. The molecular weight excluding hydrogens is 208 g/mol. The Morgan fingerprint density at radius 3 is 2.29 bits per heavy atom. The van der Waals surface area contributed by atoms with E-state index in [1.165, 1.54) is 5.56 Å². The summed E-state index contributed by atoms with van der Waals surface area (Å²) in [5.74, 6) is 0.847. The Bertz CT molecular complexity index is 346. The minimum absolute atomic E-state index is 0.193. The predicted molar refractivity (Wildman–Crippen MR) is 73.0 cm³/mol. The maximum Gasteiger partial charge on any atom is 0.138 e. The fourth-order valence-electron chi connectivity index (χ4n) is 1.78. The zero-order valence-corrected chi connectivity index (χ0v) is 11.5. The van der Waals surface area contributed by atoms with Gasteiger partial charge in [-0.05, 0) is 24.3 Å². The lowest BCUT2D eigenvalue weighted by atomic mass is 9.84. The van der Waals surface area contributed by atoms with Crippen LogP contribution in [-0.2, 0) is 11.2 Å². The highest BCUT2D eigenvalue weighted by Crippen LogP contribution is 2.22. The van der Waals surface area contributed by atoms with E-state index in [4.69, 9.17) is 0 Å². The summed E-state index contributed by atoms with van der Waals surface area (Å²) in [6.45, 7) is 8.17. The van der Waals surface area contributed by atoms with Crippen LogP contribution in [0.4, 0.5) is 0 Å². The van der Waals surface area contributed by atoms with Crippen molar-refractivity contribution in [3.05, 3.63) is 35.9 Å². The lowest BCUT2D eigenvalue weighted by molar-refractivity contribution is -0.127. The summed E-state index contributed by atoms with van der Waals surface area (Å²) in [4.78, 5) is 11.9. The van der Waals surface area contributed by atoms with Crippen LogP contribution in [-0.4, -0.2) is 5.78 Å². The summed E-state index contributed by atoms with van der Waals surface area (Å²) in [5.41, 5.74) is 1.17. The number of benzene rings is 1. The van der Waals surface area contributed by atoms with Crippen LogP contribution < -0.4 is 0 Å². The molecule has 1 aromatic rings. The molecule has 1 rings (SSSR count). The molecule has 1 atom stereocenters. The van der Waals surface area contributed by atoms with Crippen molar-refractivity contribution in [1.82, 2.24) is 0 Å². The van der Waals surface area contributed by atoms with E-state index in [0.717, 1.165) is 12.8 Å². The second-order valence-electron chi connectivity index (χ2n) is 6.01. The first kappa shape index (κ1) is 14.0. The smallest absolute Gasteiger partial charge is 0.138 e. The Morgan fingerprint density at radius 2 is 1.76 bits per heavy atom. The predicted octanol–water partition coefficient (Wildman–Crippen LogP) is 4.26. The van der Waals surface area contributed by atoms with Crippen molar-refractivity contribution in [2.24, 2.45) is 11.3 Å². The van der Waals surface area contributed by atoms with Crippen molar-refractivity contribution in [2.75, 3.05) is 0 Å². The van der Waals surface area contributed by atoms with Crippen LogP contribution in [0.5, 0.6) is 0 Å². The summed E-state index contributed by atoms with van der Waals surface area (Å²) in [6, 6.07) is 10.5. The van der Waals surface area contributed by atoms with E-state index in [0.29, 0.717) is 18.1 Å². The minimum atomic E-state index is -0.193. The van der Waals surface area contributed by atoms with Gasteiger partial charge in [-0.25, -0.2) is 0 Å². The van der Waals surface area contributed by atoms with Gasteiger partial charge in [-0.2, -0.15) is 0 Å². The van der Waals surface area contributed by atoms with Gasteiger partial charge < -0.3 is 0 Å². The van der Waals surface area contributed by atoms with Crippen LogP contribution in [0.25, 0.3) is 0 Å². The van der Waals surface area contributed by atoms with Crippen LogP contribution in [0.1, 0.15) is 46.1 Å². The summed E-state index contributed by atoms with van der Waals surface area (Å²) in [7, 11) is 0. The highest BCUT2D eigenvalue weighted by Gasteiger charge is 2.22. The molecule has 0 heterocycles. The molecule has 0 saturated carbocycles. The molecule has 94 valence electrons. The van der Waals surface area contributed by atoms with Crippen molar-refractivity contribution in [3.8, 4) is 0 Å². The fourth-order valence-corrected chi connectivity index (χ4v) is 1.78. The molecule has 0 aliphatic carbocycles. The third kappa shape index (κ3) is 5.16. The van der Waals surface area contributed by atoms with E-state index in [-0.39, 0.29) is 5.41 Å². The Labute approximate surface area is 105 Å². The Hall–Kier alpha value is -1.11. The number of ketones is 1. The second-order valence-corrected chi connectivity index (χ2v) is 6.01. The lowest BCUT2D eigenvalue weighted by Crippen LogP contribution is -2.22. The number of aryl methyl sites for hydroxylation is 1. The van der Waals surface area contributed by atoms with Gasteiger partial charge in [0.15, 0.2) is 0 Å². The molecule has 0 aromatic heterocycles. The van der Waals surface area contributed by atoms with Crippen LogP contribution in [0.3, 0.4) is 0 Å². The zero-order chi connectivity index (χ0) is 12.9. The van der Waals surface area contributed by atoms with Gasteiger partial charge in [0.2, 0.25) is 0 Å². The van der Waals surface area contributed by atoms with E-state index in [2.05, 4.69) is 31.2 Å². The van der Waals surface area contributed by atoms with Gasteiger partial charge in [0.05, 0.1) is 0 Å². The van der Waals surface area contributed by atoms with Crippen molar-refractivity contribution >= 4 is 5.78 Å². The number of hydrogen-bond donors (Lipinski definition) is 0. The third-order valence-electron chi connectivity index (χ3n) is 3.14. The molecule has 1 aromatic carbocycles. The number of Topliss-reactive ketones (excluding diaryl/α,β-unsaturated/α-hetero) is 1. The van der Waals surface area contributed by atoms with Crippen LogP contribution in [0, 0.1) is 11.3 Å². The van der Waals surface area contributed by atoms with Gasteiger partial charge in [-0.3, -0.25) is 4.79 Å². The van der Waals surface area contributed by atoms with Gasteiger partial charge in [0.25, 0.3) is 0 Å². The normalized spacial score (nSPS) is 13.4. The molecule has 0 bridgehead atoms. The maximum absolute atomic E-state index is 11.9. The SMILES string of the molecule is CC(CCc1ccccc1)CC(=O)C(C)(C)C. The molecule has 0 radical (unpaired) electrons. The largest absolute Gasteiger partial charge is 0.299 e. The van der Waals surface area contributed by atoms with E-state index in [1.807, 2.05) is 26.8 Å². The number of hydrogen-bond acceptors (Lipinski definition) is 1. The summed E-state index contributed by atoms with van der Waals surface area (Å²) < 4.78 is 0. The van der Waals surface area contributed by atoms with Gasteiger partial charge >= 0.3 is 0 Å². The topological polar surface area (TPSA) is 17.1 Å². The van der Waals surface area contributed by atoms with Crippen molar-refractivity contribution in [2.45, 2.75) is 47.0 Å². The monoisotopic (exact) mass is 232 g/mol. The summed E-state index contributed by atoms with van der Waals surface area (Å²) in [5, 5.41) is 0. The fraction of sp³-hybridized carbons (Fsp3) is 0.562. The molecule has 0 aliphatic rings. The maximum atomic E-state index is 11.9. The van der Waals surface area contributed by atoms with E-state index < -0.39 is 0 Å². The van der Waals surface area contributed by atoms with Gasteiger partial charge in [-0.1, -0.05) is 58.0 Å². The molecule has 0 saturated heterocycles. The highest BCUT2D eigenvalue weighted by molar-refractivity contribution is 5.83. The molecule has 1 unspecified atom stereocenters.